The minimum absolute atomic E-state index is 0.296. The fourth-order valence-electron chi connectivity index (χ4n) is 1.30. The van der Waals surface area contributed by atoms with E-state index in [0.717, 1.165) is 0 Å². The molecule has 0 saturated carbocycles. The molecule has 1 heterocycles. The quantitative estimate of drug-likeness (QED) is 0.277. The Morgan fingerprint density at radius 1 is 0.850 bits per heavy atom. The predicted octanol–water partition coefficient (Wildman–Crippen LogP) is -3.29. The zero-order valence-electron chi connectivity index (χ0n) is 10.4. The molecule has 10 heteroatoms. The summed E-state index contributed by atoms with van der Waals surface area (Å²) in [5.41, 5.74) is 0. The Balaban J connectivity index is 0.000000396. The smallest absolute Gasteiger partial charge is 0.303 e. The van der Waals surface area contributed by atoms with Gasteiger partial charge in [-0.2, -0.15) is 0 Å². The third-order valence-electron chi connectivity index (χ3n) is 2.42. The Bertz CT molecular complexity index is 300. The molecular weight excluding hydrogens is 280 g/mol. The van der Waals surface area contributed by atoms with E-state index in [1.54, 1.807) is 0 Å². The Hall–Kier alpha value is -1.30. The van der Waals surface area contributed by atoms with Crippen LogP contribution < -0.4 is 0 Å². The first-order valence-corrected chi connectivity index (χ1v) is 5.62. The van der Waals surface area contributed by atoms with Crippen LogP contribution in [0.5, 0.6) is 0 Å². The van der Waals surface area contributed by atoms with Gasteiger partial charge in [0.25, 0.3) is 0 Å². The summed E-state index contributed by atoms with van der Waals surface area (Å²) in [4.78, 5) is 19.3. The van der Waals surface area contributed by atoms with E-state index < -0.39 is 49.3 Å². The molecule has 0 aromatic carbocycles. The van der Waals surface area contributed by atoms with E-state index in [2.05, 4.69) is 4.74 Å². The largest absolute Gasteiger partial charge is 0.481 e. The lowest BCUT2D eigenvalue weighted by atomic mass is 10.00. The zero-order chi connectivity index (χ0) is 15.9. The number of aliphatic carboxylic acids is 2. The lowest BCUT2D eigenvalue weighted by Gasteiger charge is -2.37. The average molecular weight is 298 g/mol. The van der Waals surface area contributed by atoms with Crippen LogP contribution >= 0.6 is 0 Å². The normalized spacial score (nSPS) is 33.0. The highest BCUT2D eigenvalue weighted by Gasteiger charge is 2.42. The molecule has 1 saturated heterocycles. The Morgan fingerprint density at radius 2 is 1.30 bits per heavy atom. The van der Waals surface area contributed by atoms with Crippen LogP contribution in [0.3, 0.4) is 0 Å². The summed E-state index contributed by atoms with van der Waals surface area (Å²) in [6.45, 7) is -0.526. The van der Waals surface area contributed by atoms with Gasteiger partial charge in [-0.1, -0.05) is 0 Å². The highest BCUT2D eigenvalue weighted by Crippen LogP contribution is 2.18. The lowest BCUT2D eigenvalue weighted by Crippen LogP contribution is -2.58. The van der Waals surface area contributed by atoms with Gasteiger partial charge in [-0.15, -0.1) is 0 Å². The van der Waals surface area contributed by atoms with Gasteiger partial charge in [0, 0.05) is 0 Å². The Morgan fingerprint density at radius 3 is 1.65 bits per heavy atom. The molecule has 5 atom stereocenters. The summed E-state index contributed by atoms with van der Waals surface area (Å²) in [5.74, 6) is -2.15. The van der Waals surface area contributed by atoms with Crippen LogP contribution in [0.4, 0.5) is 0 Å². The van der Waals surface area contributed by atoms with E-state index in [1.165, 1.54) is 0 Å². The molecule has 10 nitrogen and oxygen atoms in total. The fourth-order valence-corrected chi connectivity index (χ4v) is 1.30. The van der Waals surface area contributed by atoms with Gasteiger partial charge >= 0.3 is 11.9 Å². The van der Waals surface area contributed by atoms with Crippen molar-refractivity contribution in [2.24, 2.45) is 0 Å². The van der Waals surface area contributed by atoms with E-state index in [9.17, 15) is 9.59 Å². The third kappa shape index (κ3) is 6.23. The van der Waals surface area contributed by atoms with E-state index in [0.29, 0.717) is 0 Å². The number of carbonyl (C=O) groups is 2. The summed E-state index contributed by atoms with van der Waals surface area (Å²) in [5, 5.41) is 60.5. The molecule has 0 aromatic heterocycles. The van der Waals surface area contributed by atoms with Crippen molar-refractivity contribution in [2.75, 3.05) is 6.61 Å². The maximum atomic E-state index is 9.64. The van der Waals surface area contributed by atoms with Crippen molar-refractivity contribution in [1.82, 2.24) is 0 Å². The molecule has 0 radical (unpaired) electrons. The van der Waals surface area contributed by atoms with Crippen LogP contribution in [0.2, 0.25) is 0 Å². The molecule has 0 spiro atoms. The van der Waals surface area contributed by atoms with Crippen LogP contribution in [0.15, 0.2) is 0 Å². The number of aliphatic hydroxyl groups is 5. The topological polar surface area (TPSA) is 185 Å². The van der Waals surface area contributed by atoms with E-state index >= 15 is 0 Å². The summed E-state index contributed by atoms with van der Waals surface area (Å²) in [6.07, 6.45) is -7.63. The minimum Gasteiger partial charge on any atom is -0.481 e. The molecule has 0 aromatic rings. The first-order chi connectivity index (χ1) is 9.20. The van der Waals surface area contributed by atoms with E-state index in [-0.39, 0.29) is 12.8 Å². The fraction of sp³-hybridized carbons (Fsp3) is 0.800. The number of carboxylic acid groups (broad SMARTS) is 2. The summed E-state index contributed by atoms with van der Waals surface area (Å²) in [6, 6.07) is 0. The van der Waals surface area contributed by atoms with Crippen molar-refractivity contribution in [3.63, 3.8) is 0 Å². The molecule has 1 fully saturated rings. The Labute approximate surface area is 113 Å². The van der Waals surface area contributed by atoms with E-state index in [4.69, 9.17) is 35.7 Å². The number of rotatable bonds is 4. The van der Waals surface area contributed by atoms with Crippen molar-refractivity contribution in [1.29, 1.82) is 0 Å². The van der Waals surface area contributed by atoms with Gasteiger partial charge in [0.05, 0.1) is 19.4 Å². The lowest BCUT2D eigenvalue weighted by molar-refractivity contribution is -0.286. The molecule has 1 aliphatic rings. The molecule has 1 rings (SSSR count). The second-order valence-electron chi connectivity index (χ2n) is 4.01. The highest BCUT2D eigenvalue weighted by molar-refractivity contribution is 5.75. The van der Waals surface area contributed by atoms with Crippen molar-refractivity contribution >= 4 is 11.9 Å². The van der Waals surface area contributed by atoms with Crippen LogP contribution in [0.25, 0.3) is 0 Å². The number of hydrogen-bond donors (Lipinski definition) is 7. The highest BCUT2D eigenvalue weighted by atomic mass is 16.6. The van der Waals surface area contributed by atoms with Gasteiger partial charge < -0.3 is 40.5 Å². The third-order valence-corrected chi connectivity index (χ3v) is 2.42. The molecule has 7 N–H and O–H groups in total. The molecule has 20 heavy (non-hydrogen) atoms. The number of hydrogen-bond acceptors (Lipinski definition) is 8. The second-order valence-corrected chi connectivity index (χ2v) is 4.01. The first-order valence-electron chi connectivity index (χ1n) is 5.62. The summed E-state index contributed by atoms with van der Waals surface area (Å²) in [7, 11) is 0. The minimum atomic E-state index is -1.57. The maximum absolute atomic E-state index is 9.64. The van der Waals surface area contributed by atoms with Gasteiger partial charge in [0.15, 0.2) is 6.29 Å². The van der Waals surface area contributed by atoms with Crippen LogP contribution in [0.1, 0.15) is 12.8 Å². The first kappa shape index (κ1) is 18.7. The Kier molecular flexibility index (Phi) is 8.22. The molecule has 0 bridgehead atoms. The van der Waals surface area contributed by atoms with Gasteiger partial charge in [-0.3, -0.25) is 9.59 Å². The standard InChI is InChI=1S/C6H12O6.C4H6O4/c7-1-2-3(8)4(9)5(10)6(11)12-2;5-3(6)1-2-4(7)8/h2-11H,1H2;1-2H2,(H,5,6)(H,7,8)/t2-,3-,4+,5-,6?;/m1./s1. The number of aliphatic hydroxyl groups excluding tert-OH is 5. The summed E-state index contributed by atoms with van der Waals surface area (Å²) >= 11 is 0. The SMILES string of the molecule is O=C(O)CCC(=O)O.OC[C@H]1OC(O)[C@H](O)[C@@H](O)[C@@H]1O. The predicted molar refractivity (Wildman–Crippen MR) is 60.5 cm³/mol. The van der Waals surface area contributed by atoms with Gasteiger partial charge in [0.2, 0.25) is 0 Å². The molecule has 0 aliphatic carbocycles. The van der Waals surface area contributed by atoms with Gasteiger partial charge in [-0.25, -0.2) is 0 Å². The molecule has 1 unspecified atom stereocenters. The van der Waals surface area contributed by atoms with Crippen LogP contribution in [0, 0.1) is 0 Å². The molecular formula is C10H18O10. The van der Waals surface area contributed by atoms with Gasteiger partial charge in [-0.05, 0) is 0 Å². The summed E-state index contributed by atoms with van der Waals surface area (Å²) < 4.78 is 4.58. The van der Waals surface area contributed by atoms with Crippen LogP contribution in [-0.2, 0) is 14.3 Å². The van der Waals surface area contributed by atoms with Crippen molar-refractivity contribution < 1.29 is 50.1 Å². The maximum Gasteiger partial charge on any atom is 0.303 e. The van der Waals surface area contributed by atoms with Crippen molar-refractivity contribution in [3.05, 3.63) is 0 Å². The molecule has 118 valence electrons. The molecule has 1 aliphatic heterocycles. The van der Waals surface area contributed by atoms with Crippen LogP contribution in [-0.4, -0.2) is 85.0 Å². The van der Waals surface area contributed by atoms with Gasteiger partial charge in [0.1, 0.15) is 24.4 Å². The zero-order valence-corrected chi connectivity index (χ0v) is 10.4. The van der Waals surface area contributed by atoms with Crippen molar-refractivity contribution in [2.45, 2.75) is 43.5 Å². The average Bonchev–Trinajstić information content (AvgIpc) is 2.39. The van der Waals surface area contributed by atoms with E-state index in [1.807, 2.05) is 0 Å². The second kappa shape index (κ2) is 8.79. The molecule has 0 amide bonds. The monoisotopic (exact) mass is 298 g/mol. The number of ether oxygens (including phenoxy) is 1. The number of carboxylic acids is 2. The van der Waals surface area contributed by atoms with Crippen molar-refractivity contribution in [3.8, 4) is 0 Å².